The first kappa shape index (κ1) is 14.6. The molecule has 2 heterocycles. The number of anilines is 2. The standard InChI is InChI=1S/C16H24N4S/c1-3-9-17-16-18-14(13-8-10-21-15(13)19-16)20(4-2)11-12-6-5-7-12/h8,10,12H,3-7,9,11H2,1-2H3,(H,17,18,19). The molecule has 0 spiro atoms. The van der Waals surface area contributed by atoms with Crippen LogP contribution in [0.15, 0.2) is 11.4 Å². The lowest BCUT2D eigenvalue weighted by atomic mass is 9.85. The van der Waals surface area contributed by atoms with Gasteiger partial charge in [-0.2, -0.15) is 4.98 Å². The van der Waals surface area contributed by atoms with Crippen LogP contribution in [-0.2, 0) is 0 Å². The summed E-state index contributed by atoms with van der Waals surface area (Å²) in [6, 6.07) is 2.16. The minimum absolute atomic E-state index is 0.772. The van der Waals surface area contributed by atoms with Crippen molar-refractivity contribution in [2.75, 3.05) is 29.9 Å². The molecule has 2 aromatic rings. The summed E-state index contributed by atoms with van der Waals surface area (Å²) >= 11 is 1.70. The average Bonchev–Trinajstić information content (AvgIpc) is 2.92. The number of hydrogen-bond acceptors (Lipinski definition) is 5. The molecule has 5 heteroatoms. The molecule has 0 unspecified atom stereocenters. The number of nitrogens with one attached hydrogen (secondary N) is 1. The lowest BCUT2D eigenvalue weighted by Crippen LogP contribution is -2.33. The van der Waals surface area contributed by atoms with Crippen molar-refractivity contribution in [3.63, 3.8) is 0 Å². The van der Waals surface area contributed by atoms with Crippen LogP contribution in [0.1, 0.15) is 39.5 Å². The van der Waals surface area contributed by atoms with Gasteiger partial charge in [0, 0.05) is 19.6 Å². The minimum atomic E-state index is 0.772. The zero-order valence-electron chi connectivity index (χ0n) is 12.9. The van der Waals surface area contributed by atoms with Crippen molar-refractivity contribution < 1.29 is 0 Å². The van der Waals surface area contributed by atoms with Gasteiger partial charge < -0.3 is 10.2 Å². The number of rotatable bonds is 7. The number of hydrogen-bond donors (Lipinski definition) is 1. The summed E-state index contributed by atoms with van der Waals surface area (Å²) in [7, 11) is 0. The van der Waals surface area contributed by atoms with Crippen LogP contribution >= 0.6 is 11.3 Å². The average molecular weight is 304 g/mol. The first-order valence-electron chi connectivity index (χ1n) is 8.05. The highest BCUT2D eigenvalue weighted by Crippen LogP contribution is 2.32. The van der Waals surface area contributed by atoms with E-state index in [-0.39, 0.29) is 0 Å². The highest BCUT2D eigenvalue weighted by atomic mass is 32.1. The van der Waals surface area contributed by atoms with Crippen LogP contribution < -0.4 is 10.2 Å². The molecule has 0 aromatic carbocycles. The molecule has 3 rings (SSSR count). The Labute approximate surface area is 130 Å². The van der Waals surface area contributed by atoms with Gasteiger partial charge in [-0.25, -0.2) is 4.98 Å². The maximum Gasteiger partial charge on any atom is 0.226 e. The van der Waals surface area contributed by atoms with Gasteiger partial charge in [0.05, 0.1) is 5.39 Å². The Kier molecular flexibility index (Phi) is 4.58. The van der Waals surface area contributed by atoms with E-state index in [0.717, 1.165) is 48.6 Å². The monoisotopic (exact) mass is 304 g/mol. The molecule has 21 heavy (non-hydrogen) atoms. The predicted octanol–water partition coefficient (Wildman–Crippen LogP) is 4.14. The van der Waals surface area contributed by atoms with Gasteiger partial charge in [0.2, 0.25) is 5.95 Å². The van der Waals surface area contributed by atoms with Crippen LogP contribution in [0, 0.1) is 5.92 Å². The van der Waals surface area contributed by atoms with Gasteiger partial charge in [-0.1, -0.05) is 13.3 Å². The SMILES string of the molecule is CCCNc1nc(N(CC)CC2CCC2)c2ccsc2n1. The Bertz CT molecular complexity index is 591. The molecule has 1 fully saturated rings. The molecule has 114 valence electrons. The normalized spacial score (nSPS) is 15.1. The zero-order valence-corrected chi connectivity index (χ0v) is 13.7. The van der Waals surface area contributed by atoms with E-state index < -0.39 is 0 Å². The van der Waals surface area contributed by atoms with E-state index >= 15 is 0 Å². The fourth-order valence-electron chi connectivity index (χ4n) is 2.75. The second-order valence-corrected chi connectivity index (χ2v) is 6.67. The summed E-state index contributed by atoms with van der Waals surface area (Å²) in [6.45, 7) is 7.44. The van der Waals surface area contributed by atoms with Crippen molar-refractivity contribution in [2.24, 2.45) is 5.92 Å². The Balaban J connectivity index is 1.91. The number of nitrogens with zero attached hydrogens (tertiary/aromatic N) is 3. The molecule has 0 bridgehead atoms. The first-order chi connectivity index (χ1) is 10.3. The Morgan fingerprint density at radius 2 is 2.19 bits per heavy atom. The molecule has 0 amide bonds. The van der Waals surface area contributed by atoms with Crippen molar-refractivity contribution in [2.45, 2.75) is 39.5 Å². The summed E-state index contributed by atoms with van der Waals surface area (Å²) < 4.78 is 0. The molecule has 0 atom stereocenters. The fourth-order valence-corrected chi connectivity index (χ4v) is 3.51. The zero-order chi connectivity index (χ0) is 14.7. The van der Waals surface area contributed by atoms with Gasteiger partial charge in [0.15, 0.2) is 0 Å². The van der Waals surface area contributed by atoms with Crippen molar-refractivity contribution >= 4 is 33.3 Å². The number of aromatic nitrogens is 2. The molecule has 1 aliphatic carbocycles. The van der Waals surface area contributed by atoms with Crippen LogP contribution in [0.2, 0.25) is 0 Å². The van der Waals surface area contributed by atoms with Gasteiger partial charge in [-0.3, -0.25) is 0 Å². The van der Waals surface area contributed by atoms with E-state index in [4.69, 9.17) is 4.98 Å². The Hall–Kier alpha value is -1.36. The summed E-state index contributed by atoms with van der Waals surface area (Å²) in [5.41, 5.74) is 0. The van der Waals surface area contributed by atoms with Crippen molar-refractivity contribution in [1.82, 2.24) is 9.97 Å². The molecule has 4 nitrogen and oxygen atoms in total. The maximum atomic E-state index is 4.80. The highest BCUT2D eigenvalue weighted by Gasteiger charge is 2.22. The third-order valence-corrected chi connectivity index (χ3v) is 5.03. The second kappa shape index (κ2) is 6.60. The lowest BCUT2D eigenvalue weighted by molar-refractivity contribution is 0.318. The van der Waals surface area contributed by atoms with Gasteiger partial charge in [0.25, 0.3) is 0 Å². The molecule has 1 saturated carbocycles. The molecule has 1 N–H and O–H groups in total. The minimum Gasteiger partial charge on any atom is -0.356 e. The van der Waals surface area contributed by atoms with E-state index in [9.17, 15) is 0 Å². The van der Waals surface area contributed by atoms with E-state index in [2.05, 4.69) is 40.5 Å². The lowest BCUT2D eigenvalue weighted by Gasteiger charge is -2.32. The van der Waals surface area contributed by atoms with Crippen LogP contribution in [0.25, 0.3) is 10.2 Å². The van der Waals surface area contributed by atoms with Gasteiger partial charge in [-0.15, -0.1) is 11.3 Å². The van der Waals surface area contributed by atoms with Gasteiger partial charge >= 0.3 is 0 Å². The van der Waals surface area contributed by atoms with E-state index in [1.165, 1.54) is 24.6 Å². The molecular formula is C16H24N4S. The largest absolute Gasteiger partial charge is 0.356 e. The molecule has 0 radical (unpaired) electrons. The maximum absolute atomic E-state index is 4.80. The smallest absolute Gasteiger partial charge is 0.226 e. The van der Waals surface area contributed by atoms with Gasteiger partial charge in [-0.05, 0) is 43.6 Å². The Morgan fingerprint density at radius 3 is 2.86 bits per heavy atom. The first-order valence-corrected chi connectivity index (χ1v) is 8.93. The van der Waals surface area contributed by atoms with Crippen LogP contribution in [0.3, 0.4) is 0 Å². The third kappa shape index (κ3) is 3.12. The van der Waals surface area contributed by atoms with Crippen molar-refractivity contribution in [3.05, 3.63) is 11.4 Å². The Morgan fingerprint density at radius 1 is 1.33 bits per heavy atom. The van der Waals surface area contributed by atoms with E-state index in [1.807, 2.05) is 0 Å². The van der Waals surface area contributed by atoms with Crippen molar-refractivity contribution in [3.8, 4) is 0 Å². The fraction of sp³-hybridized carbons (Fsp3) is 0.625. The topological polar surface area (TPSA) is 41.1 Å². The third-order valence-electron chi connectivity index (χ3n) is 4.22. The van der Waals surface area contributed by atoms with Crippen LogP contribution in [0.5, 0.6) is 0 Å². The predicted molar refractivity (Wildman–Crippen MR) is 91.4 cm³/mol. The molecule has 2 aromatic heterocycles. The van der Waals surface area contributed by atoms with E-state index in [0.29, 0.717) is 0 Å². The summed E-state index contributed by atoms with van der Waals surface area (Å²) in [6.07, 6.45) is 5.22. The number of thiophene rings is 1. The second-order valence-electron chi connectivity index (χ2n) is 5.77. The van der Waals surface area contributed by atoms with Crippen LogP contribution in [0.4, 0.5) is 11.8 Å². The van der Waals surface area contributed by atoms with Gasteiger partial charge in [0.1, 0.15) is 10.6 Å². The molecule has 1 aliphatic rings. The summed E-state index contributed by atoms with van der Waals surface area (Å²) in [5, 5.41) is 6.65. The van der Waals surface area contributed by atoms with Crippen LogP contribution in [-0.4, -0.2) is 29.6 Å². The summed E-state index contributed by atoms with van der Waals surface area (Å²) in [4.78, 5) is 13.0. The van der Waals surface area contributed by atoms with Crippen molar-refractivity contribution in [1.29, 1.82) is 0 Å². The molecule has 0 saturated heterocycles. The summed E-state index contributed by atoms with van der Waals surface area (Å²) in [5.74, 6) is 2.73. The number of fused-ring (bicyclic) bond motifs is 1. The molecule has 0 aliphatic heterocycles. The van der Waals surface area contributed by atoms with E-state index in [1.54, 1.807) is 11.3 Å². The highest BCUT2D eigenvalue weighted by molar-refractivity contribution is 7.16. The quantitative estimate of drug-likeness (QED) is 0.834. The molecular weight excluding hydrogens is 280 g/mol.